The number of fused-ring (bicyclic) bond motifs is 1. The highest BCUT2D eigenvalue weighted by molar-refractivity contribution is 6.41. The molecule has 1 aliphatic rings. The van der Waals surface area contributed by atoms with Gasteiger partial charge in [0, 0.05) is 19.4 Å². The van der Waals surface area contributed by atoms with Crippen LogP contribution in [0.5, 0.6) is 11.5 Å². The Morgan fingerprint density at radius 2 is 1.79 bits per heavy atom. The first-order chi connectivity index (χ1) is 8.84. The van der Waals surface area contributed by atoms with E-state index in [1.807, 2.05) is 0 Å². The van der Waals surface area contributed by atoms with Gasteiger partial charge in [0.25, 0.3) is 5.78 Å². The molecule has 0 amide bonds. The third-order valence-corrected chi connectivity index (χ3v) is 2.71. The van der Waals surface area contributed by atoms with Crippen molar-refractivity contribution in [3.05, 3.63) is 23.3 Å². The van der Waals surface area contributed by atoms with Gasteiger partial charge in [-0.25, -0.2) is 4.79 Å². The van der Waals surface area contributed by atoms with E-state index < -0.39 is 17.5 Å². The van der Waals surface area contributed by atoms with Crippen molar-refractivity contribution in [1.29, 1.82) is 0 Å². The predicted molar refractivity (Wildman–Crippen MR) is 67.5 cm³/mol. The van der Waals surface area contributed by atoms with Crippen LogP contribution in [0.4, 0.5) is 0 Å². The predicted octanol–water partition coefficient (Wildman–Crippen LogP) is 2.25. The second kappa shape index (κ2) is 4.57. The van der Waals surface area contributed by atoms with Crippen molar-refractivity contribution >= 4 is 11.8 Å². The van der Waals surface area contributed by atoms with Gasteiger partial charge in [-0.15, -0.1) is 0 Å². The molecule has 1 aromatic carbocycles. The van der Waals surface area contributed by atoms with E-state index in [-0.39, 0.29) is 12.2 Å². The Morgan fingerprint density at radius 1 is 1.21 bits per heavy atom. The second-order valence-electron chi connectivity index (χ2n) is 4.77. The van der Waals surface area contributed by atoms with E-state index in [9.17, 15) is 9.59 Å². The summed E-state index contributed by atoms with van der Waals surface area (Å²) in [5.74, 6) is -1.26. The van der Waals surface area contributed by atoms with Crippen molar-refractivity contribution in [2.24, 2.45) is 0 Å². The molecule has 0 saturated heterocycles. The summed E-state index contributed by atoms with van der Waals surface area (Å²) in [5, 5.41) is 0. The molecule has 0 fully saturated rings. The first kappa shape index (κ1) is 13.4. The first-order valence-electron chi connectivity index (χ1n) is 6.08. The zero-order chi connectivity index (χ0) is 14.2. The highest BCUT2D eigenvalue weighted by Crippen LogP contribution is 2.40. The van der Waals surface area contributed by atoms with Crippen LogP contribution < -0.4 is 9.47 Å². The van der Waals surface area contributed by atoms with Gasteiger partial charge in [-0.05, 0) is 31.5 Å². The summed E-state index contributed by atoms with van der Waals surface area (Å²) < 4.78 is 15.8. The lowest BCUT2D eigenvalue weighted by molar-refractivity contribution is -0.137. The highest BCUT2D eigenvalue weighted by atomic mass is 16.7. The molecular formula is C14H16O5. The number of hydrogen-bond acceptors (Lipinski definition) is 5. The second-order valence-corrected chi connectivity index (χ2v) is 4.77. The van der Waals surface area contributed by atoms with Crippen molar-refractivity contribution in [2.75, 3.05) is 6.61 Å². The van der Waals surface area contributed by atoms with Crippen LogP contribution in [0.3, 0.4) is 0 Å². The van der Waals surface area contributed by atoms with Gasteiger partial charge in [0.15, 0.2) is 11.5 Å². The smallest absolute Gasteiger partial charge is 0.379 e. The van der Waals surface area contributed by atoms with E-state index >= 15 is 0 Å². The molecule has 0 aliphatic carbocycles. The zero-order valence-electron chi connectivity index (χ0n) is 11.4. The lowest BCUT2D eigenvalue weighted by Crippen LogP contribution is -2.29. The van der Waals surface area contributed by atoms with E-state index in [1.165, 1.54) is 6.07 Å². The molecule has 0 radical (unpaired) electrons. The summed E-state index contributed by atoms with van der Waals surface area (Å²) in [5.41, 5.74) is 0.927. The summed E-state index contributed by atoms with van der Waals surface area (Å²) in [7, 11) is 0. The maximum Gasteiger partial charge on any atom is 0.379 e. The average molecular weight is 264 g/mol. The highest BCUT2D eigenvalue weighted by Gasteiger charge is 2.33. The molecule has 2 rings (SSSR count). The molecule has 0 aromatic heterocycles. The Morgan fingerprint density at radius 3 is 2.37 bits per heavy atom. The van der Waals surface area contributed by atoms with Gasteiger partial charge in [0.2, 0.25) is 5.79 Å². The molecule has 0 N–H and O–H groups in total. The molecule has 1 aromatic rings. The minimum Gasteiger partial charge on any atom is -0.460 e. The number of ketones is 1. The SMILES string of the molecule is CCOC(=O)C(=O)c1cc2c(cc1C)OC(C)(C)O2. The quantitative estimate of drug-likeness (QED) is 0.476. The number of rotatable bonds is 3. The third kappa shape index (κ3) is 2.54. The molecule has 1 aliphatic heterocycles. The number of aryl methyl sites for hydroxylation is 1. The van der Waals surface area contributed by atoms with Crippen LogP contribution in [0.25, 0.3) is 0 Å². The van der Waals surface area contributed by atoms with Crippen molar-refractivity contribution in [1.82, 2.24) is 0 Å². The molecule has 5 nitrogen and oxygen atoms in total. The molecule has 5 heteroatoms. The van der Waals surface area contributed by atoms with Gasteiger partial charge < -0.3 is 14.2 Å². The van der Waals surface area contributed by atoms with Crippen LogP contribution in [-0.2, 0) is 9.53 Å². The zero-order valence-corrected chi connectivity index (χ0v) is 11.4. The summed E-state index contributed by atoms with van der Waals surface area (Å²) in [4.78, 5) is 23.4. The fourth-order valence-electron chi connectivity index (χ4n) is 1.92. The van der Waals surface area contributed by atoms with Crippen molar-refractivity contribution in [3.8, 4) is 11.5 Å². The number of carbonyl (C=O) groups is 2. The number of esters is 1. The maximum absolute atomic E-state index is 11.9. The van der Waals surface area contributed by atoms with Crippen LogP contribution in [0.1, 0.15) is 36.7 Å². The van der Waals surface area contributed by atoms with Crippen LogP contribution in [0.2, 0.25) is 0 Å². The molecule has 0 atom stereocenters. The summed E-state index contributed by atoms with van der Waals surface area (Å²) in [6, 6.07) is 3.22. The van der Waals surface area contributed by atoms with Gasteiger partial charge >= 0.3 is 5.97 Å². The topological polar surface area (TPSA) is 61.8 Å². The Kier molecular flexibility index (Phi) is 3.22. The number of ether oxygens (including phenoxy) is 3. The monoisotopic (exact) mass is 264 g/mol. The average Bonchev–Trinajstić information content (AvgIpc) is 2.60. The fraction of sp³-hybridized carbons (Fsp3) is 0.429. The fourth-order valence-corrected chi connectivity index (χ4v) is 1.92. The molecule has 0 bridgehead atoms. The summed E-state index contributed by atoms with van der Waals surface area (Å²) in [6.45, 7) is 7.10. The van der Waals surface area contributed by atoms with E-state index in [0.29, 0.717) is 17.1 Å². The van der Waals surface area contributed by atoms with E-state index in [2.05, 4.69) is 0 Å². The maximum atomic E-state index is 11.9. The minimum atomic E-state index is -0.858. The number of carbonyl (C=O) groups excluding carboxylic acids is 2. The normalized spacial score (nSPS) is 15.2. The molecule has 0 saturated carbocycles. The van der Waals surface area contributed by atoms with Gasteiger partial charge in [-0.1, -0.05) is 0 Å². The van der Waals surface area contributed by atoms with Gasteiger partial charge in [-0.2, -0.15) is 0 Å². The van der Waals surface area contributed by atoms with Crippen molar-refractivity contribution in [3.63, 3.8) is 0 Å². The molecular weight excluding hydrogens is 248 g/mol. The number of benzene rings is 1. The summed E-state index contributed by atoms with van der Waals surface area (Å²) in [6.07, 6.45) is 0. The minimum absolute atomic E-state index is 0.168. The summed E-state index contributed by atoms with van der Waals surface area (Å²) >= 11 is 0. The van der Waals surface area contributed by atoms with Gasteiger partial charge in [0.05, 0.1) is 6.61 Å². The standard InChI is InChI=1S/C14H16O5/c1-5-17-13(16)12(15)9-7-11-10(6-8(9)2)18-14(3,4)19-11/h6-7H,5H2,1-4H3. The molecule has 102 valence electrons. The lowest BCUT2D eigenvalue weighted by atomic mass is 10.0. The van der Waals surface area contributed by atoms with Crippen molar-refractivity contribution in [2.45, 2.75) is 33.5 Å². The largest absolute Gasteiger partial charge is 0.460 e. The van der Waals surface area contributed by atoms with E-state index in [4.69, 9.17) is 14.2 Å². The number of hydrogen-bond donors (Lipinski definition) is 0. The van der Waals surface area contributed by atoms with Crippen LogP contribution in [0, 0.1) is 6.92 Å². The van der Waals surface area contributed by atoms with Crippen molar-refractivity contribution < 1.29 is 23.8 Å². The Balaban J connectivity index is 2.35. The van der Waals surface area contributed by atoms with E-state index in [1.54, 1.807) is 33.8 Å². The molecule has 1 heterocycles. The molecule has 0 unspecified atom stereocenters. The van der Waals surface area contributed by atoms with E-state index in [0.717, 1.165) is 0 Å². The van der Waals surface area contributed by atoms with Gasteiger partial charge in [-0.3, -0.25) is 4.79 Å². The van der Waals surface area contributed by atoms with Crippen LogP contribution >= 0.6 is 0 Å². The molecule has 0 spiro atoms. The lowest BCUT2D eigenvalue weighted by Gasteiger charge is -2.16. The Hall–Kier alpha value is -2.04. The Labute approximate surface area is 111 Å². The Bertz CT molecular complexity index is 545. The van der Waals surface area contributed by atoms with Gasteiger partial charge in [0.1, 0.15) is 0 Å². The molecule has 19 heavy (non-hydrogen) atoms. The van der Waals surface area contributed by atoms with Crippen LogP contribution in [0.15, 0.2) is 12.1 Å². The number of Topliss-reactive ketones (excluding diaryl/α,β-unsaturated/α-hetero) is 1. The third-order valence-electron chi connectivity index (χ3n) is 2.71. The first-order valence-corrected chi connectivity index (χ1v) is 6.08. The van der Waals surface area contributed by atoms with Crippen LogP contribution in [-0.4, -0.2) is 24.1 Å².